The number of amides is 1. The van der Waals surface area contributed by atoms with E-state index in [1.807, 2.05) is 30.1 Å². The highest BCUT2D eigenvalue weighted by Crippen LogP contribution is 2.35. The van der Waals surface area contributed by atoms with E-state index in [1.165, 1.54) is 37.8 Å². The molecule has 1 heterocycles. The topological polar surface area (TPSA) is 68.6 Å². The van der Waals surface area contributed by atoms with Crippen LogP contribution in [0.15, 0.2) is 54.5 Å². The molecule has 2 aliphatic carbocycles. The van der Waals surface area contributed by atoms with Gasteiger partial charge in [-0.3, -0.25) is 4.79 Å². The molecule has 0 spiro atoms. The highest BCUT2D eigenvalue weighted by atomic mass is 19.4. The van der Waals surface area contributed by atoms with Crippen LogP contribution in [0.25, 0.3) is 0 Å². The van der Waals surface area contributed by atoms with Crippen LogP contribution in [0.3, 0.4) is 0 Å². The van der Waals surface area contributed by atoms with E-state index < -0.39 is 11.7 Å². The summed E-state index contributed by atoms with van der Waals surface area (Å²) in [5.74, 6) is 1.60. The summed E-state index contributed by atoms with van der Waals surface area (Å²) in [4.78, 5) is 17.0. The number of nitriles is 1. The van der Waals surface area contributed by atoms with Gasteiger partial charge in [0.2, 0.25) is 5.91 Å². The lowest BCUT2D eigenvalue weighted by atomic mass is 9.92. The van der Waals surface area contributed by atoms with Crippen molar-refractivity contribution in [1.29, 1.82) is 5.26 Å². The summed E-state index contributed by atoms with van der Waals surface area (Å²) < 4.78 is 46.3. The van der Waals surface area contributed by atoms with Crippen molar-refractivity contribution in [2.45, 2.75) is 83.0 Å². The zero-order valence-corrected chi connectivity index (χ0v) is 23.9. The van der Waals surface area contributed by atoms with Gasteiger partial charge in [-0.2, -0.15) is 18.4 Å². The quantitative estimate of drug-likeness (QED) is 0.255. The summed E-state index contributed by atoms with van der Waals surface area (Å²) in [6.07, 6.45) is 9.81. The number of benzene rings is 1. The molecule has 0 radical (unpaired) electrons. The van der Waals surface area contributed by atoms with Gasteiger partial charge < -0.3 is 19.9 Å². The van der Waals surface area contributed by atoms with Crippen molar-refractivity contribution < 1.29 is 22.7 Å². The summed E-state index contributed by atoms with van der Waals surface area (Å²) in [7, 11) is 0. The van der Waals surface area contributed by atoms with E-state index in [0.717, 1.165) is 56.3 Å². The van der Waals surface area contributed by atoms with Crippen LogP contribution >= 0.6 is 0 Å². The molecule has 41 heavy (non-hydrogen) atoms. The minimum absolute atomic E-state index is 0.0123. The summed E-state index contributed by atoms with van der Waals surface area (Å²) in [5.41, 5.74) is 0.0497. The second-order valence-electron chi connectivity index (χ2n) is 11.3. The van der Waals surface area contributed by atoms with Crippen LogP contribution in [0, 0.1) is 17.2 Å². The second kappa shape index (κ2) is 14.0. The fraction of sp³-hybridized carbons (Fsp3) is 0.562. The average Bonchev–Trinajstić information content (AvgIpc) is 3.49. The summed E-state index contributed by atoms with van der Waals surface area (Å²) in [6.45, 7) is 8.88. The van der Waals surface area contributed by atoms with Gasteiger partial charge in [-0.25, -0.2) is 0 Å². The van der Waals surface area contributed by atoms with Crippen LogP contribution in [0.4, 0.5) is 18.9 Å². The number of carbonyl (C=O) groups excluding carboxylic acids is 1. The molecule has 3 aliphatic rings. The zero-order valence-electron chi connectivity index (χ0n) is 23.9. The summed E-state index contributed by atoms with van der Waals surface area (Å²) >= 11 is 0. The van der Waals surface area contributed by atoms with Crippen molar-refractivity contribution in [1.82, 2.24) is 9.80 Å². The van der Waals surface area contributed by atoms with Gasteiger partial charge in [-0.15, -0.1) is 0 Å². The maximum Gasteiger partial charge on any atom is 0.417 e. The third-order valence-electron chi connectivity index (χ3n) is 8.51. The van der Waals surface area contributed by atoms with Gasteiger partial charge in [-0.05, 0) is 81.7 Å². The Hall–Kier alpha value is -3.41. The number of alkyl halides is 3. The maximum absolute atomic E-state index is 13.3. The molecule has 4 rings (SSSR count). The number of nitrogens with zero attached hydrogens (tertiary/aromatic N) is 3. The first kappa shape index (κ1) is 30.5. The molecule has 1 aromatic rings. The fourth-order valence-corrected chi connectivity index (χ4v) is 6.13. The molecule has 3 fully saturated rings. The van der Waals surface area contributed by atoms with Crippen molar-refractivity contribution in [3.8, 4) is 6.07 Å². The number of halogens is 3. The van der Waals surface area contributed by atoms with Crippen molar-refractivity contribution in [2.75, 3.05) is 31.5 Å². The highest BCUT2D eigenvalue weighted by molar-refractivity contribution is 5.76. The van der Waals surface area contributed by atoms with E-state index in [1.54, 1.807) is 6.07 Å². The number of anilines is 1. The van der Waals surface area contributed by atoms with Crippen molar-refractivity contribution in [2.24, 2.45) is 5.92 Å². The van der Waals surface area contributed by atoms with Crippen molar-refractivity contribution in [3.63, 3.8) is 0 Å². The summed E-state index contributed by atoms with van der Waals surface area (Å²) in [5, 5.41) is 12.2. The average molecular weight is 571 g/mol. The van der Waals surface area contributed by atoms with Gasteiger partial charge in [0.05, 0.1) is 23.3 Å². The first-order valence-electron chi connectivity index (χ1n) is 14.8. The Kier molecular flexibility index (Phi) is 10.4. The zero-order chi connectivity index (χ0) is 29.4. The second-order valence-corrected chi connectivity index (χ2v) is 11.3. The van der Waals surface area contributed by atoms with Gasteiger partial charge in [-0.1, -0.05) is 19.4 Å². The molecule has 1 aliphatic heterocycles. The van der Waals surface area contributed by atoms with E-state index >= 15 is 0 Å². The predicted molar refractivity (Wildman–Crippen MR) is 154 cm³/mol. The number of rotatable bonds is 9. The Morgan fingerprint density at radius 3 is 2.34 bits per heavy atom. The normalized spacial score (nSPS) is 22.8. The van der Waals surface area contributed by atoms with Crippen molar-refractivity contribution in [3.05, 3.63) is 65.6 Å². The molecule has 0 aromatic heterocycles. The van der Waals surface area contributed by atoms with Crippen LogP contribution in [-0.4, -0.2) is 54.0 Å². The van der Waals surface area contributed by atoms with E-state index in [2.05, 4.69) is 16.8 Å². The van der Waals surface area contributed by atoms with Crippen LogP contribution < -0.4 is 5.32 Å². The first-order chi connectivity index (χ1) is 19.7. The maximum atomic E-state index is 13.3. The number of hydrogen-bond donors (Lipinski definition) is 1. The van der Waals surface area contributed by atoms with Gasteiger partial charge in [0.1, 0.15) is 5.76 Å². The molecule has 1 N–H and O–H groups in total. The molecule has 0 bridgehead atoms. The molecule has 0 atom stereocenters. The highest BCUT2D eigenvalue weighted by Gasteiger charge is 2.34. The lowest BCUT2D eigenvalue weighted by molar-refractivity contribution is -0.137. The molecule has 6 nitrogen and oxygen atoms in total. The molecule has 1 amide bonds. The number of nitrogens with one attached hydrogen (secondary N) is 1. The largest absolute Gasteiger partial charge is 0.491 e. The molecular weight excluding hydrogens is 529 g/mol. The molecule has 2 saturated carbocycles. The Bertz CT molecular complexity index is 1160. The van der Waals surface area contributed by atoms with Gasteiger partial charge in [0.15, 0.2) is 0 Å². The van der Waals surface area contributed by atoms with Crippen LogP contribution in [0.2, 0.25) is 0 Å². The molecular formula is C32H41F3N4O2. The molecule has 1 saturated heterocycles. The SMILES string of the molecule is C=C/C(=C\C(=C/C)OC1CCC(Nc2ccc(C#N)c(C(F)(F)F)c2)CC1)N1CCN(C(=O)CC2CCCC2)CC1. The lowest BCUT2D eigenvalue weighted by Gasteiger charge is -2.37. The van der Waals surface area contributed by atoms with Gasteiger partial charge in [0.25, 0.3) is 0 Å². The third kappa shape index (κ3) is 8.31. The fourth-order valence-electron chi connectivity index (χ4n) is 6.13. The minimum atomic E-state index is -4.57. The Labute approximate surface area is 241 Å². The molecule has 9 heteroatoms. The van der Waals surface area contributed by atoms with E-state index in [0.29, 0.717) is 31.1 Å². The first-order valence-corrected chi connectivity index (χ1v) is 14.8. The van der Waals surface area contributed by atoms with Crippen LogP contribution in [-0.2, 0) is 15.7 Å². The van der Waals surface area contributed by atoms with Gasteiger partial charge >= 0.3 is 6.18 Å². The Balaban J connectivity index is 1.26. The number of allylic oxidation sites excluding steroid dienone is 3. The number of ether oxygens (including phenoxy) is 1. The lowest BCUT2D eigenvalue weighted by Crippen LogP contribution is -2.48. The monoisotopic (exact) mass is 570 g/mol. The van der Waals surface area contributed by atoms with Crippen LogP contribution in [0.1, 0.15) is 75.8 Å². The number of piperazine rings is 1. The summed E-state index contributed by atoms with van der Waals surface area (Å²) in [6, 6.07) is 5.42. The standard InChI is InChI=1S/C32H41F3N4O2/c1-3-27(38-15-17-39(18-16-38)31(40)19-23-7-5-6-8-23)21-28(4-2)41-29-13-11-25(12-14-29)37-26-10-9-24(22-36)30(20-26)32(33,34)35/h3-4,9-10,20-21,23,25,29,37H,1,5-8,11-19H2,2H3/b27-21+,28-4+. The van der Waals surface area contributed by atoms with E-state index in [-0.39, 0.29) is 23.6 Å². The van der Waals surface area contributed by atoms with Crippen LogP contribution in [0.5, 0.6) is 0 Å². The number of carbonyl (C=O) groups is 1. The molecule has 0 unspecified atom stereocenters. The van der Waals surface area contributed by atoms with E-state index in [4.69, 9.17) is 10.00 Å². The number of hydrogen-bond acceptors (Lipinski definition) is 5. The van der Waals surface area contributed by atoms with Crippen molar-refractivity contribution >= 4 is 11.6 Å². The Morgan fingerprint density at radius 2 is 1.76 bits per heavy atom. The minimum Gasteiger partial charge on any atom is -0.491 e. The smallest absolute Gasteiger partial charge is 0.417 e. The molecule has 222 valence electrons. The van der Waals surface area contributed by atoms with Gasteiger partial charge in [0, 0.05) is 56.1 Å². The predicted octanol–water partition coefficient (Wildman–Crippen LogP) is 7.01. The molecule has 1 aromatic carbocycles. The third-order valence-corrected chi connectivity index (χ3v) is 8.51. The van der Waals surface area contributed by atoms with E-state index in [9.17, 15) is 18.0 Å². The Morgan fingerprint density at radius 1 is 1.10 bits per heavy atom.